The van der Waals surface area contributed by atoms with Crippen molar-refractivity contribution < 1.29 is 0 Å². The third-order valence-corrected chi connectivity index (χ3v) is 2.45. The average Bonchev–Trinajstić information content (AvgIpc) is 2.04. The Kier molecular flexibility index (Phi) is 1.54. The predicted octanol–water partition coefficient (Wildman–Crippen LogP) is 3.12. The van der Waals surface area contributed by atoms with Crippen LogP contribution in [-0.2, 0) is 0 Å². The summed E-state index contributed by atoms with van der Waals surface area (Å²) in [5, 5.41) is 0. The molecule has 0 nitrogen and oxygen atoms in total. The fourth-order valence-electron chi connectivity index (χ4n) is 1.58. The van der Waals surface area contributed by atoms with Crippen LogP contribution in [-0.4, -0.2) is 0 Å². The maximum Gasteiger partial charge on any atom is 0.00485 e. The quantitative estimate of drug-likeness (QED) is 0.531. The molecule has 1 aromatic rings. The first-order chi connectivity index (χ1) is 5.38. The molecule has 1 atom stereocenters. The second-order valence-corrected chi connectivity index (χ2v) is 3.16. The highest BCUT2D eigenvalue weighted by Crippen LogP contribution is 2.40. The molecule has 11 heavy (non-hydrogen) atoms. The summed E-state index contributed by atoms with van der Waals surface area (Å²) in [7, 11) is 0. The van der Waals surface area contributed by atoms with Crippen molar-refractivity contribution in [3.05, 3.63) is 48.0 Å². The lowest BCUT2D eigenvalue weighted by molar-refractivity contribution is 0.567. The van der Waals surface area contributed by atoms with Gasteiger partial charge in [0, 0.05) is 5.92 Å². The number of hydrogen-bond donors (Lipinski definition) is 0. The van der Waals surface area contributed by atoms with Crippen molar-refractivity contribution in [2.75, 3.05) is 0 Å². The molecule has 1 aliphatic carbocycles. The van der Waals surface area contributed by atoms with E-state index in [4.69, 9.17) is 0 Å². The van der Waals surface area contributed by atoms with Crippen LogP contribution in [0.3, 0.4) is 0 Å². The van der Waals surface area contributed by atoms with Gasteiger partial charge in [-0.05, 0) is 18.4 Å². The van der Waals surface area contributed by atoms with E-state index in [1.165, 1.54) is 24.0 Å². The van der Waals surface area contributed by atoms with E-state index in [1.807, 2.05) is 0 Å². The van der Waals surface area contributed by atoms with Crippen LogP contribution < -0.4 is 0 Å². The highest BCUT2D eigenvalue weighted by Gasteiger charge is 2.22. The summed E-state index contributed by atoms with van der Waals surface area (Å²) in [6.07, 6.45) is 2.52. The summed E-state index contributed by atoms with van der Waals surface area (Å²) in [5.41, 5.74) is 2.83. The fraction of sp³-hybridized carbons (Fsp3) is 0.273. The van der Waals surface area contributed by atoms with Crippen molar-refractivity contribution in [2.45, 2.75) is 18.8 Å². The van der Waals surface area contributed by atoms with Crippen LogP contribution in [0.15, 0.2) is 42.5 Å². The lowest BCUT2D eigenvalue weighted by atomic mass is 9.76. The maximum absolute atomic E-state index is 4.02. The smallest absolute Gasteiger partial charge is 0.00485 e. The van der Waals surface area contributed by atoms with E-state index in [0.717, 1.165) is 0 Å². The van der Waals surface area contributed by atoms with Crippen LogP contribution in [0.2, 0.25) is 0 Å². The zero-order chi connectivity index (χ0) is 7.68. The Hall–Kier alpha value is -1.04. The first kappa shape index (κ1) is 6.66. The van der Waals surface area contributed by atoms with Gasteiger partial charge in [0.15, 0.2) is 0 Å². The summed E-state index contributed by atoms with van der Waals surface area (Å²) >= 11 is 0. The van der Waals surface area contributed by atoms with Crippen LogP contribution in [0.1, 0.15) is 24.3 Å². The molecule has 56 valence electrons. The van der Waals surface area contributed by atoms with Crippen molar-refractivity contribution in [3.63, 3.8) is 0 Å². The molecule has 0 N–H and O–H groups in total. The monoisotopic (exact) mass is 144 g/mol. The highest BCUT2D eigenvalue weighted by molar-refractivity contribution is 5.32. The Morgan fingerprint density at radius 3 is 2.36 bits per heavy atom. The number of hydrogen-bond acceptors (Lipinski definition) is 0. The number of rotatable bonds is 1. The number of allylic oxidation sites excluding steroid dienone is 1. The van der Waals surface area contributed by atoms with Crippen LogP contribution in [0.25, 0.3) is 0 Å². The van der Waals surface area contributed by atoms with Crippen LogP contribution in [0, 0.1) is 0 Å². The van der Waals surface area contributed by atoms with Crippen molar-refractivity contribution in [3.8, 4) is 0 Å². The van der Waals surface area contributed by atoms with Gasteiger partial charge in [-0.25, -0.2) is 0 Å². The molecule has 0 aliphatic heterocycles. The Balaban J connectivity index is 2.23. The molecule has 0 amide bonds. The normalized spacial score (nSPS) is 22.9. The molecule has 0 heterocycles. The Morgan fingerprint density at radius 1 is 1.18 bits per heavy atom. The first-order valence-corrected chi connectivity index (χ1v) is 4.10. The van der Waals surface area contributed by atoms with Gasteiger partial charge < -0.3 is 0 Å². The maximum atomic E-state index is 4.02. The van der Waals surface area contributed by atoms with Gasteiger partial charge in [0.05, 0.1) is 0 Å². The van der Waals surface area contributed by atoms with Gasteiger partial charge in [-0.15, -0.1) is 0 Å². The minimum atomic E-state index is 0.663. The molecule has 0 radical (unpaired) electrons. The van der Waals surface area contributed by atoms with Crippen LogP contribution in [0.5, 0.6) is 0 Å². The van der Waals surface area contributed by atoms with Crippen LogP contribution in [0.4, 0.5) is 0 Å². The van der Waals surface area contributed by atoms with E-state index in [2.05, 4.69) is 36.9 Å². The zero-order valence-corrected chi connectivity index (χ0v) is 6.59. The van der Waals surface area contributed by atoms with E-state index in [-0.39, 0.29) is 0 Å². The highest BCUT2D eigenvalue weighted by atomic mass is 14.3. The lowest BCUT2D eigenvalue weighted by Gasteiger charge is -2.29. The Morgan fingerprint density at radius 2 is 1.91 bits per heavy atom. The molecule has 0 spiro atoms. The van der Waals surface area contributed by atoms with Gasteiger partial charge in [-0.1, -0.05) is 42.5 Å². The third kappa shape index (κ3) is 1.09. The Labute approximate surface area is 67.6 Å². The topological polar surface area (TPSA) is 0 Å². The van der Waals surface area contributed by atoms with Crippen molar-refractivity contribution in [1.29, 1.82) is 0 Å². The van der Waals surface area contributed by atoms with Gasteiger partial charge in [-0.3, -0.25) is 0 Å². The molecule has 1 fully saturated rings. The van der Waals surface area contributed by atoms with Gasteiger partial charge in [0.2, 0.25) is 0 Å². The molecular formula is C11H12. The van der Waals surface area contributed by atoms with E-state index in [9.17, 15) is 0 Å². The minimum absolute atomic E-state index is 0.663. The first-order valence-electron chi connectivity index (χ1n) is 4.10. The SMILES string of the molecule is C=C1CC[C@H]1c1ccccc1. The predicted molar refractivity (Wildman–Crippen MR) is 47.6 cm³/mol. The molecule has 0 heteroatoms. The third-order valence-electron chi connectivity index (χ3n) is 2.45. The molecule has 0 unspecified atom stereocenters. The summed E-state index contributed by atoms with van der Waals surface area (Å²) in [5.74, 6) is 0.663. The van der Waals surface area contributed by atoms with Crippen molar-refractivity contribution in [1.82, 2.24) is 0 Å². The fourth-order valence-corrected chi connectivity index (χ4v) is 1.58. The second kappa shape index (κ2) is 2.54. The van der Waals surface area contributed by atoms with Gasteiger partial charge in [0.25, 0.3) is 0 Å². The molecular weight excluding hydrogens is 132 g/mol. The summed E-state index contributed by atoms with van der Waals surface area (Å²) < 4.78 is 0. The standard InChI is InChI=1S/C11H12/c1-9-7-8-11(9)10-5-3-2-4-6-10/h2-6,11H,1,7-8H2/t11-/m1/s1. The number of benzene rings is 1. The summed E-state index contributed by atoms with van der Waals surface area (Å²) in [4.78, 5) is 0. The van der Waals surface area contributed by atoms with Crippen molar-refractivity contribution in [2.24, 2.45) is 0 Å². The molecule has 1 saturated carbocycles. The Bertz CT molecular complexity index is 259. The molecule has 0 saturated heterocycles. The van der Waals surface area contributed by atoms with Gasteiger partial charge >= 0.3 is 0 Å². The molecule has 1 aliphatic rings. The molecule has 0 bridgehead atoms. The lowest BCUT2D eigenvalue weighted by Crippen LogP contribution is -2.11. The second-order valence-electron chi connectivity index (χ2n) is 3.16. The van der Waals surface area contributed by atoms with Crippen molar-refractivity contribution >= 4 is 0 Å². The van der Waals surface area contributed by atoms with Gasteiger partial charge in [-0.2, -0.15) is 0 Å². The molecule has 1 aromatic carbocycles. The largest absolute Gasteiger partial charge is 0.0992 e. The van der Waals surface area contributed by atoms with E-state index in [1.54, 1.807) is 0 Å². The molecule has 0 aromatic heterocycles. The average molecular weight is 144 g/mol. The molecule has 2 rings (SSSR count). The van der Waals surface area contributed by atoms with E-state index >= 15 is 0 Å². The van der Waals surface area contributed by atoms with Gasteiger partial charge in [0.1, 0.15) is 0 Å². The van der Waals surface area contributed by atoms with E-state index in [0.29, 0.717) is 5.92 Å². The van der Waals surface area contributed by atoms with E-state index < -0.39 is 0 Å². The summed E-state index contributed by atoms with van der Waals surface area (Å²) in [6, 6.07) is 10.6. The zero-order valence-electron chi connectivity index (χ0n) is 6.59. The summed E-state index contributed by atoms with van der Waals surface area (Å²) in [6.45, 7) is 4.02. The minimum Gasteiger partial charge on any atom is -0.0992 e. The van der Waals surface area contributed by atoms with Crippen LogP contribution >= 0.6 is 0 Å².